The number of nitrogens with zero attached hydrogens (tertiary/aromatic N) is 2. The third kappa shape index (κ3) is 6.11. The highest BCUT2D eigenvalue weighted by Crippen LogP contribution is 2.12. The summed E-state index contributed by atoms with van der Waals surface area (Å²) >= 11 is 0. The molecule has 1 amide bonds. The first kappa shape index (κ1) is 18.7. The summed E-state index contributed by atoms with van der Waals surface area (Å²) in [6.07, 6.45) is 0. The number of benzene rings is 1. The van der Waals surface area contributed by atoms with Gasteiger partial charge in [-0.25, -0.2) is 0 Å². The molecule has 0 spiro atoms. The first-order chi connectivity index (χ1) is 11.6. The van der Waals surface area contributed by atoms with E-state index in [4.69, 9.17) is 9.47 Å². The smallest absolute Gasteiger partial charge is 0.234 e. The summed E-state index contributed by atoms with van der Waals surface area (Å²) in [6.45, 7) is 7.26. The third-order valence-corrected chi connectivity index (χ3v) is 4.28. The van der Waals surface area contributed by atoms with Crippen LogP contribution in [-0.2, 0) is 16.1 Å². The van der Waals surface area contributed by atoms with Crippen LogP contribution in [0, 0.1) is 0 Å². The Kier molecular flexibility index (Phi) is 7.49. The molecule has 0 aliphatic carbocycles. The Balaban J connectivity index is 1.71. The molecule has 0 unspecified atom stereocenters. The Morgan fingerprint density at radius 1 is 1.25 bits per heavy atom. The minimum Gasteiger partial charge on any atom is -0.491 e. The van der Waals surface area contributed by atoms with E-state index in [1.54, 1.807) is 7.11 Å². The topological polar surface area (TPSA) is 54.0 Å². The number of carbonyl (C=O) groups excluding carboxylic acids is 1. The summed E-state index contributed by atoms with van der Waals surface area (Å²) in [5.41, 5.74) is 1.06. The van der Waals surface area contributed by atoms with Crippen LogP contribution in [0.3, 0.4) is 0 Å². The van der Waals surface area contributed by atoms with Gasteiger partial charge in [0.15, 0.2) is 0 Å². The summed E-state index contributed by atoms with van der Waals surface area (Å²) in [5, 5.41) is 2.99. The molecule has 0 aromatic heterocycles. The van der Waals surface area contributed by atoms with E-state index in [1.807, 2.05) is 24.3 Å². The number of nitrogens with one attached hydrogen (secondary N) is 1. The number of ether oxygens (including phenoxy) is 2. The molecule has 1 aromatic carbocycles. The lowest BCUT2D eigenvalue weighted by Crippen LogP contribution is -2.53. The van der Waals surface area contributed by atoms with Crippen molar-refractivity contribution in [3.8, 4) is 5.75 Å². The minimum absolute atomic E-state index is 0.0758. The Labute approximate surface area is 144 Å². The zero-order chi connectivity index (χ0) is 17.4. The molecule has 24 heavy (non-hydrogen) atoms. The fraction of sp³-hybridized carbons (Fsp3) is 0.611. The molecule has 0 saturated carbocycles. The number of amides is 1. The molecule has 6 nitrogen and oxygen atoms in total. The molecule has 1 aromatic rings. The third-order valence-electron chi connectivity index (χ3n) is 4.28. The normalized spacial score (nSPS) is 19.2. The van der Waals surface area contributed by atoms with Crippen LogP contribution in [0.4, 0.5) is 0 Å². The fourth-order valence-electron chi connectivity index (χ4n) is 2.80. The molecule has 134 valence electrons. The molecule has 1 heterocycles. The highest BCUT2D eigenvalue weighted by Gasteiger charge is 2.22. The van der Waals surface area contributed by atoms with Gasteiger partial charge in [0.1, 0.15) is 12.4 Å². The van der Waals surface area contributed by atoms with Gasteiger partial charge in [-0.2, -0.15) is 0 Å². The van der Waals surface area contributed by atoms with Crippen molar-refractivity contribution in [1.29, 1.82) is 0 Å². The van der Waals surface area contributed by atoms with Crippen molar-refractivity contribution >= 4 is 5.91 Å². The maximum absolute atomic E-state index is 12.1. The molecule has 1 aliphatic rings. The van der Waals surface area contributed by atoms with E-state index in [1.165, 1.54) is 0 Å². The van der Waals surface area contributed by atoms with Gasteiger partial charge >= 0.3 is 0 Å². The van der Waals surface area contributed by atoms with Crippen LogP contribution in [0.15, 0.2) is 24.3 Å². The molecule has 6 heteroatoms. The highest BCUT2D eigenvalue weighted by atomic mass is 16.5. The van der Waals surface area contributed by atoms with Crippen LogP contribution >= 0.6 is 0 Å². The van der Waals surface area contributed by atoms with Gasteiger partial charge in [0, 0.05) is 39.3 Å². The Hall–Kier alpha value is -1.63. The minimum atomic E-state index is 0.0758. The van der Waals surface area contributed by atoms with E-state index in [0.29, 0.717) is 32.3 Å². The van der Waals surface area contributed by atoms with E-state index < -0.39 is 0 Å². The maximum Gasteiger partial charge on any atom is 0.234 e. The quantitative estimate of drug-likeness (QED) is 0.717. The van der Waals surface area contributed by atoms with Crippen molar-refractivity contribution in [2.75, 3.05) is 53.6 Å². The first-order valence-corrected chi connectivity index (χ1v) is 8.48. The van der Waals surface area contributed by atoms with Crippen LogP contribution in [0.1, 0.15) is 12.5 Å². The zero-order valence-corrected chi connectivity index (χ0v) is 15.0. The van der Waals surface area contributed by atoms with Gasteiger partial charge in [0.05, 0.1) is 13.2 Å². The predicted octanol–water partition coefficient (Wildman–Crippen LogP) is 0.964. The summed E-state index contributed by atoms with van der Waals surface area (Å²) in [7, 11) is 3.77. The Morgan fingerprint density at radius 3 is 2.67 bits per heavy atom. The zero-order valence-electron chi connectivity index (χ0n) is 15.0. The van der Waals surface area contributed by atoms with E-state index in [2.05, 4.69) is 29.1 Å². The molecule has 1 fully saturated rings. The predicted molar refractivity (Wildman–Crippen MR) is 94.2 cm³/mol. The summed E-state index contributed by atoms with van der Waals surface area (Å²) in [5.74, 6) is 0.889. The summed E-state index contributed by atoms with van der Waals surface area (Å²) < 4.78 is 10.5. The van der Waals surface area contributed by atoms with Gasteiger partial charge in [-0.1, -0.05) is 12.1 Å². The average molecular weight is 335 g/mol. The van der Waals surface area contributed by atoms with E-state index in [-0.39, 0.29) is 5.91 Å². The number of likely N-dealkylation sites (N-methyl/N-ethyl adjacent to an activating group) is 1. The number of piperazine rings is 1. The van der Waals surface area contributed by atoms with Crippen LogP contribution in [-0.4, -0.2) is 75.3 Å². The first-order valence-electron chi connectivity index (χ1n) is 8.48. The lowest BCUT2D eigenvalue weighted by Gasteiger charge is -2.37. The van der Waals surface area contributed by atoms with E-state index in [0.717, 1.165) is 30.9 Å². The lowest BCUT2D eigenvalue weighted by molar-refractivity contribution is -0.123. The molecular weight excluding hydrogens is 306 g/mol. The molecule has 2 rings (SSSR count). The summed E-state index contributed by atoms with van der Waals surface area (Å²) in [4.78, 5) is 16.7. The number of hydrogen-bond acceptors (Lipinski definition) is 5. The molecule has 0 radical (unpaired) electrons. The van der Waals surface area contributed by atoms with Crippen molar-refractivity contribution in [2.24, 2.45) is 0 Å². The molecular formula is C18H29N3O3. The van der Waals surface area contributed by atoms with Crippen molar-refractivity contribution in [2.45, 2.75) is 19.5 Å². The van der Waals surface area contributed by atoms with Crippen LogP contribution in [0.5, 0.6) is 5.75 Å². The van der Waals surface area contributed by atoms with Crippen molar-refractivity contribution < 1.29 is 14.3 Å². The molecule has 1 N–H and O–H groups in total. The molecule has 1 saturated heterocycles. The fourth-order valence-corrected chi connectivity index (χ4v) is 2.80. The molecule has 1 atom stereocenters. The second kappa shape index (κ2) is 9.61. The van der Waals surface area contributed by atoms with Gasteiger partial charge in [-0.15, -0.1) is 0 Å². The van der Waals surface area contributed by atoms with Gasteiger partial charge in [0.2, 0.25) is 5.91 Å². The van der Waals surface area contributed by atoms with Crippen molar-refractivity contribution in [3.05, 3.63) is 29.8 Å². The number of rotatable bonds is 8. The lowest BCUT2D eigenvalue weighted by atomic mass is 10.2. The van der Waals surface area contributed by atoms with Gasteiger partial charge in [0.25, 0.3) is 0 Å². The second-order valence-electron chi connectivity index (χ2n) is 6.34. The number of carbonyl (C=O) groups is 1. The van der Waals surface area contributed by atoms with Crippen molar-refractivity contribution in [1.82, 2.24) is 15.1 Å². The highest BCUT2D eigenvalue weighted by molar-refractivity contribution is 5.78. The van der Waals surface area contributed by atoms with Crippen LogP contribution in [0.2, 0.25) is 0 Å². The second-order valence-corrected chi connectivity index (χ2v) is 6.34. The monoisotopic (exact) mass is 335 g/mol. The van der Waals surface area contributed by atoms with Gasteiger partial charge < -0.3 is 19.7 Å². The Bertz CT molecular complexity index is 507. The van der Waals surface area contributed by atoms with Crippen molar-refractivity contribution in [3.63, 3.8) is 0 Å². The Morgan fingerprint density at radius 2 is 2.00 bits per heavy atom. The van der Waals surface area contributed by atoms with Gasteiger partial charge in [-0.05, 0) is 31.7 Å². The van der Waals surface area contributed by atoms with E-state index in [9.17, 15) is 4.79 Å². The number of methoxy groups -OCH3 is 1. The number of hydrogen-bond donors (Lipinski definition) is 1. The molecule has 1 aliphatic heterocycles. The standard InChI is InChI=1S/C18H29N3O3/c1-15-13-20(2)8-9-21(15)14-18(22)19-12-16-4-6-17(7-5-16)24-11-10-23-3/h4-7,15H,8-14H2,1-3H3,(H,19,22)/t15-/m1/s1. The van der Waals surface area contributed by atoms with Crippen LogP contribution < -0.4 is 10.1 Å². The maximum atomic E-state index is 12.1. The summed E-state index contributed by atoms with van der Waals surface area (Å²) in [6, 6.07) is 8.19. The van der Waals surface area contributed by atoms with Gasteiger partial charge in [-0.3, -0.25) is 9.69 Å². The average Bonchev–Trinajstić information content (AvgIpc) is 2.57. The SMILES string of the molecule is COCCOc1ccc(CNC(=O)CN2CCN(C)C[C@H]2C)cc1. The van der Waals surface area contributed by atoms with Crippen LogP contribution in [0.25, 0.3) is 0 Å². The van der Waals surface area contributed by atoms with E-state index >= 15 is 0 Å². The molecule has 0 bridgehead atoms. The largest absolute Gasteiger partial charge is 0.491 e.